The molecule has 0 radical (unpaired) electrons. The molecule has 2 nitrogen and oxygen atoms in total. The van der Waals surface area contributed by atoms with Crippen LogP contribution < -0.4 is 5.32 Å². The first-order valence-corrected chi connectivity index (χ1v) is 4.73. The molecule has 0 atom stereocenters. The van der Waals surface area contributed by atoms with E-state index in [0.29, 0.717) is 16.1 Å². The van der Waals surface area contributed by atoms with E-state index >= 15 is 0 Å². The van der Waals surface area contributed by atoms with Crippen molar-refractivity contribution in [3.63, 3.8) is 0 Å². The summed E-state index contributed by atoms with van der Waals surface area (Å²) in [4.78, 5) is 3.97. The summed E-state index contributed by atoms with van der Waals surface area (Å²) in [6, 6.07) is 7.30. The van der Waals surface area contributed by atoms with Crippen LogP contribution in [0.5, 0.6) is 0 Å². The van der Waals surface area contributed by atoms with Crippen molar-refractivity contribution in [3.8, 4) is 0 Å². The molecule has 0 aliphatic rings. The Kier molecular flexibility index (Phi) is 2.63. The van der Waals surface area contributed by atoms with Crippen LogP contribution in [0, 0.1) is 0 Å². The summed E-state index contributed by atoms with van der Waals surface area (Å²) < 4.78 is 36.2. The number of pyridine rings is 1. The summed E-state index contributed by atoms with van der Waals surface area (Å²) in [6.45, 7) is 0. The highest BCUT2D eigenvalue weighted by atomic mass is 35.5. The molecule has 0 bridgehead atoms. The van der Waals surface area contributed by atoms with Gasteiger partial charge in [-0.25, -0.2) is 4.98 Å². The number of fused-ring (bicyclic) bond motifs is 1. The first-order valence-electron chi connectivity index (χ1n) is 4.35. The molecule has 2 rings (SSSR count). The zero-order valence-corrected chi connectivity index (χ0v) is 8.60. The quantitative estimate of drug-likeness (QED) is 0.611. The number of anilines is 1. The van der Waals surface area contributed by atoms with Gasteiger partial charge >= 0.3 is 6.30 Å². The standard InChI is InChI=1S/C10H6ClF3N2/c11-9-4-1-6-5-7(16-10(12,13)14)2-3-8(6)15-9/h1-5,16H. The fourth-order valence-electron chi connectivity index (χ4n) is 1.34. The van der Waals surface area contributed by atoms with Crippen LogP contribution in [0.4, 0.5) is 18.9 Å². The van der Waals surface area contributed by atoms with E-state index in [-0.39, 0.29) is 5.69 Å². The topological polar surface area (TPSA) is 24.9 Å². The lowest BCUT2D eigenvalue weighted by Crippen LogP contribution is -2.20. The minimum Gasteiger partial charge on any atom is -0.297 e. The molecular weight excluding hydrogens is 241 g/mol. The summed E-state index contributed by atoms with van der Waals surface area (Å²) in [5, 5.41) is 2.33. The number of nitrogens with one attached hydrogen (secondary N) is 1. The molecule has 0 spiro atoms. The second-order valence-electron chi connectivity index (χ2n) is 3.16. The normalized spacial score (nSPS) is 11.8. The van der Waals surface area contributed by atoms with E-state index in [9.17, 15) is 13.2 Å². The highest BCUT2D eigenvalue weighted by Gasteiger charge is 2.26. The fourth-order valence-corrected chi connectivity index (χ4v) is 1.50. The SMILES string of the molecule is FC(F)(F)Nc1ccc2nc(Cl)ccc2c1. The van der Waals surface area contributed by atoms with Gasteiger partial charge in [0.25, 0.3) is 0 Å². The second kappa shape index (κ2) is 3.83. The van der Waals surface area contributed by atoms with Gasteiger partial charge < -0.3 is 0 Å². The Hall–Kier alpha value is -1.49. The van der Waals surface area contributed by atoms with Crippen LogP contribution in [0.3, 0.4) is 0 Å². The van der Waals surface area contributed by atoms with E-state index in [4.69, 9.17) is 11.6 Å². The van der Waals surface area contributed by atoms with Gasteiger partial charge in [-0.2, -0.15) is 13.2 Å². The number of halogens is 4. The van der Waals surface area contributed by atoms with Crippen LogP contribution in [0.2, 0.25) is 5.15 Å². The monoisotopic (exact) mass is 246 g/mol. The number of benzene rings is 1. The molecule has 0 fully saturated rings. The second-order valence-corrected chi connectivity index (χ2v) is 3.55. The molecule has 2 aromatic rings. The average molecular weight is 247 g/mol. The Bertz CT molecular complexity index is 525. The third-order valence-corrected chi connectivity index (χ3v) is 2.15. The Morgan fingerprint density at radius 2 is 1.88 bits per heavy atom. The predicted molar refractivity (Wildman–Crippen MR) is 56.4 cm³/mol. The summed E-state index contributed by atoms with van der Waals surface area (Å²) in [5.74, 6) is 0. The Morgan fingerprint density at radius 1 is 1.12 bits per heavy atom. The van der Waals surface area contributed by atoms with Gasteiger partial charge in [-0.3, -0.25) is 5.32 Å². The van der Waals surface area contributed by atoms with E-state index in [0.717, 1.165) is 0 Å². The van der Waals surface area contributed by atoms with Gasteiger partial charge in [0.1, 0.15) is 5.15 Å². The number of alkyl halides is 3. The van der Waals surface area contributed by atoms with E-state index in [1.54, 1.807) is 6.07 Å². The largest absolute Gasteiger partial charge is 0.482 e. The first-order chi connectivity index (χ1) is 7.44. The summed E-state index contributed by atoms with van der Waals surface area (Å²) in [7, 11) is 0. The number of rotatable bonds is 1. The van der Waals surface area contributed by atoms with E-state index in [1.807, 2.05) is 0 Å². The van der Waals surface area contributed by atoms with Crippen molar-refractivity contribution in [1.29, 1.82) is 0 Å². The third-order valence-electron chi connectivity index (χ3n) is 1.94. The molecule has 16 heavy (non-hydrogen) atoms. The van der Waals surface area contributed by atoms with Gasteiger partial charge in [0, 0.05) is 11.1 Å². The van der Waals surface area contributed by atoms with E-state index < -0.39 is 6.30 Å². The Morgan fingerprint density at radius 3 is 2.56 bits per heavy atom. The highest BCUT2D eigenvalue weighted by molar-refractivity contribution is 6.29. The van der Waals surface area contributed by atoms with Crippen LogP contribution in [0.25, 0.3) is 10.9 Å². The third kappa shape index (κ3) is 2.55. The molecule has 1 N–H and O–H groups in total. The molecule has 0 saturated heterocycles. The van der Waals surface area contributed by atoms with E-state index in [2.05, 4.69) is 4.98 Å². The lowest BCUT2D eigenvalue weighted by Gasteiger charge is -2.10. The average Bonchev–Trinajstić information content (AvgIpc) is 2.16. The van der Waals surface area contributed by atoms with Gasteiger partial charge in [0.05, 0.1) is 5.52 Å². The van der Waals surface area contributed by atoms with Crippen molar-refractivity contribution in [1.82, 2.24) is 4.98 Å². The van der Waals surface area contributed by atoms with Crippen LogP contribution in [-0.4, -0.2) is 11.3 Å². The molecule has 1 aromatic heterocycles. The number of hydrogen-bond donors (Lipinski definition) is 1. The van der Waals surface area contributed by atoms with Crippen LogP contribution in [-0.2, 0) is 0 Å². The van der Waals surface area contributed by atoms with Gasteiger partial charge in [-0.05, 0) is 30.3 Å². The lowest BCUT2D eigenvalue weighted by molar-refractivity contribution is -0.0999. The molecule has 0 aliphatic carbocycles. The highest BCUT2D eigenvalue weighted by Crippen LogP contribution is 2.24. The predicted octanol–water partition coefficient (Wildman–Crippen LogP) is 3.82. The maximum absolute atomic E-state index is 12.1. The van der Waals surface area contributed by atoms with Crippen molar-refractivity contribution in [2.75, 3.05) is 5.32 Å². The van der Waals surface area contributed by atoms with Crippen molar-refractivity contribution in [3.05, 3.63) is 35.5 Å². The van der Waals surface area contributed by atoms with Gasteiger partial charge in [-0.15, -0.1) is 0 Å². The molecule has 84 valence electrons. The van der Waals surface area contributed by atoms with Crippen molar-refractivity contribution < 1.29 is 13.2 Å². The van der Waals surface area contributed by atoms with Crippen LogP contribution in [0.1, 0.15) is 0 Å². The molecular formula is C10H6ClF3N2. The minimum atomic E-state index is -4.44. The summed E-state index contributed by atoms with van der Waals surface area (Å²) in [5.41, 5.74) is 0.532. The Labute approximate surface area is 94.0 Å². The molecule has 1 aromatic carbocycles. The number of hydrogen-bond acceptors (Lipinski definition) is 2. The zero-order valence-electron chi connectivity index (χ0n) is 7.85. The van der Waals surface area contributed by atoms with Crippen molar-refractivity contribution >= 4 is 28.2 Å². The Balaban J connectivity index is 2.41. The molecule has 0 saturated carbocycles. The van der Waals surface area contributed by atoms with Crippen molar-refractivity contribution in [2.24, 2.45) is 0 Å². The maximum atomic E-state index is 12.1. The fraction of sp³-hybridized carbons (Fsp3) is 0.100. The molecule has 1 heterocycles. The van der Waals surface area contributed by atoms with Crippen LogP contribution in [0.15, 0.2) is 30.3 Å². The molecule has 6 heteroatoms. The molecule has 0 unspecified atom stereocenters. The molecule has 0 aliphatic heterocycles. The first kappa shape index (κ1) is 11.0. The van der Waals surface area contributed by atoms with Gasteiger partial charge in [0.2, 0.25) is 0 Å². The summed E-state index contributed by atoms with van der Waals surface area (Å²) >= 11 is 5.66. The van der Waals surface area contributed by atoms with E-state index in [1.165, 1.54) is 29.6 Å². The van der Waals surface area contributed by atoms with Gasteiger partial charge in [0.15, 0.2) is 0 Å². The lowest BCUT2D eigenvalue weighted by atomic mass is 10.2. The maximum Gasteiger partial charge on any atom is 0.482 e. The summed E-state index contributed by atoms with van der Waals surface area (Å²) in [6.07, 6.45) is -4.44. The smallest absolute Gasteiger partial charge is 0.297 e. The molecule has 0 amide bonds. The van der Waals surface area contributed by atoms with Gasteiger partial charge in [-0.1, -0.05) is 11.6 Å². The minimum absolute atomic E-state index is 0.0240. The number of aromatic nitrogens is 1. The van der Waals surface area contributed by atoms with Crippen molar-refractivity contribution in [2.45, 2.75) is 6.30 Å². The van der Waals surface area contributed by atoms with Crippen LogP contribution >= 0.6 is 11.6 Å². The number of nitrogens with zero attached hydrogens (tertiary/aromatic N) is 1. The zero-order chi connectivity index (χ0) is 11.8.